The van der Waals surface area contributed by atoms with Crippen LogP contribution in [0.2, 0.25) is 0 Å². The van der Waals surface area contributed by atoms with Gasteiger partial charge in [-0.3, -0.25) is 0 Å². The predicted molar refractivity (Wildman–Crippen MR) is 73.1 cm³/mol. The maximum atomic E-state index is 8.78. The van der Waals surface area contributed by atoms with E-state index in [-0.39, 0.29) is 0 Å². The van der Waals surface area contributed by atoms with E-state index >= 15 is 0 Å². The zero-order chi connectivity index (χ0) is 13.2. The summed E-state index contributed by atoms with van der Waals surface area (Å²) in [6.45, 7) is 2.19. The van der Waals surface area contributed by atoms with Gasteiger partial charge >= 0.3 is 0 Å². The van der Waals surface area contributed by atoms with Crippen molar-refractivity contribution in [2.45, 2.75) is 25.8 Å². The van der Waals surface area contributed by atoms with Crippen LogP contribution in [-0.4, -0.2) is 16.0 Å². The first-order valence-corrected chi connectivity index (χ1v) is 6.39. The van der Waals surface area contributed by atoms with Crippen molar-refractivity contribution < 1.29 is 0 Å². The summed E-state index contributed by atoms with van der Waals surface area (Å²) in [4.78, 5) is 10.7. The van der Waals surface area contributed by atoms with Gasteiger partial charge in [-0.15, -0.1) is 0 Å². The molecule has 1 aromatic carbocycles. The molecule has 3 rings (SSSR count). The van der Waals surface area contributed by atoms with Crippen molar-refractivity contribution in [1.29, 1.82) is 5.26 Å². The minimum atomic E-state index is 0.349. The highest BCUT2D eigenvalue weighted by molar-refractivity contribution is 5.65. The number of rotatable bonds is 1. The summed E-state index contributed by atoms with van der Waals surface area (Å²) >= 11 is 0. The van der Waals surface area contributed by atoms with Crippen molar-refractivity contribution in [2.24, 2.45) is 0 Å². The summed E-state index contributed by atoms with van der Waals surface area (Å²) in [7, 11) is 0. The molecule has 1 aromatic heterocycles. The fourth-order valence-electron chi connectivity index (χ4n) is 2.54. The van der Waals surface area contributed by atoms with Crippen LogP contribution in [0, 0.1) is 11.3 Å². The Morgan fingerprint density at radius 2 is 2.11 bits per heavy atom. The van der Waals surface area contributed by atoms with Crippen LogP contribution in [0.15, 0.2) is 36.7 Å². The quantitative estimate of drug-likeness (QED) is 0.781. The summed E-state index contributed by atoms with van der Waals surface area (Å²) in [5.41, 5.74) is 2.88. The van der Waals surface area contributed by atoms with Gasteiger partial charge in [0.05, 0.1) is 12.4 Å². The van der Waals surface area contributed by atoms with Gasteiger partial charge in [-0.2, -0.15) is 5.26 Å². The molecule has 0 aliphatic carbocycles. The Morgan fingerprint density at radius 1 is 1.26 bits per heavy atom. The first-order chi connectivity index (χ1) is 9.29. The van der Waals surface area contributed by atoms with E-state index in [4.69, 9.17) is 5.26 Å². The molecule has 4 heteroatoms. The monoisotopic (exact) mass is 250 g/mol. The molecule has 19 heavy (non-hydrogen) atoms. The van der Waals surface area contributed by atoms with Crippen LogP contribution in [-0.2, 0) is 6.42 Å². The van der Waals surface area contributed by atoms with Crippen LogP contribution in [0.1, 0.15) is 24.6 Å². The highest BCUT2D eigenvalue weighted by Gasteiger charge is 2.24. The fourth-order valence-corrected chi connectivity index (χ4v) is 2.54. The van der Waals surface area contributed by atoms with Crippen LogP contribution in [0.3, 0.4) is 0 Å². The zero-order valence-corrected chi connectivity index (χ0v) is 10.7. The van der Waals surface area contributed by atoms with Crippen molar-refractivity contribution in [1.82, 2.24) is 9.97 Å². The average Bonchev–Trinajstić information content (AvgIpc) is 2.47. The maximum absolute atomic E-state index is 8.78. The highest BCUT2D eigenvalue weighted by atomic mass is 15.2. The number of benzene rings is 1. The molecule has 1 atom stereocenters. The lowest BCUT2D eigenvalue weighted by molar-refractivity contribution is 0.612. The molecular weight excluding hydrogens is 236 g/mol. The van der Waals surface area contributed by atoms with Crippen molar-refractivity contribution >= 4 is 11.5 Å². The lowest BCUT2D eigenvalue weighted by atomic mass is 9.97. The lowest BCUT2D eigenvalue weighted by Crippen LogP contribution is -2.33. The second kappa shape index (κ2) is 4.69. The van der Waals surface area contributed by atoms with Gasteiger partial charge in [-0.05, 0) is 31.4 Å². The molecule has 1 aliphatic rings. The van der Waals surface area contributed by atoms with Gasteiger partial charge < -0.3 is 4.90 Å². The molecule has 0 saturated carbocycles. The molecule has 2 heterocycles. The molecule has 0 spiro atoms. The molecular formula is C15H14N4. The Balaban J connectivity index is 2.05. The van der Waals surface area contributed by atoms with Crippen molar-refractivity contribution in [3.05, 3.63) is 47.9 Å². The number of aryl methyl sites for hydroxylation is 1. The zero-order valence-electron chi connectivity index (χ0n) is 10.7. The van der Waals surface area contributed by atoms with Gasteiger partial charge in [-0.1, -0.05) is 18.2 Å². The molecule has 0 saturated heterocycles. The normalized spacial score (nSPS) is 17.7. The number of anilines is 2. The minimum Gasteiger partial charge on any atom is -0.322 e. The second-order valence-electron chi connectivity index (χ2n) is 4.76. The summed E-state index contributed by atoms with van der Waals surface area (Å²) in [5, 5.41) is 8.78. The molecule has 2 aromatic rings. The number of para-hydroxylation sites is 1. The second-order valence-corrected chi connectivity index (χ2v) is 4.76. The predicted octanol–water partition coefficient (Wildman–Crippen LogP) is 2.82. The van der Waals surface area contributed by atoms with E-state index in [0.717, 1.165) is 18.7 Å². The van der Waals surface area contributed by atoms with Crippen molar-refractivity contribution in [3.63, 3.8) is 0 Å². The Labute approximate surface area is 112 Å². The molecule has 0 N–H and O–H groups in total. The smallest absolute Gasteiger partial charge is 0.158 e. The third kappa shape index (κ3) is 2.04. The number of hydrogen-bond donors (Lipinski definition) is 0. The molecule has 0 fully saturated rings. The van der Waals surface area contributed by atoms with Crippen molar-refractivity contribution in [2.75, 3.05) is 4.90 Å². The van der Waals surface area contributed by atoms with Crippen LogP contribution < -0.4 is 4.90 Å². The Kier molecular flexibility index (Phi) is 2.88. The fraction of sp³-hybridized carbons (Fsp3) is 0.267. The van der Waals surface area contributed by atoms with E-state index in [9.17, 15) is 0 Å². The summed E-state index contributed by atoms with van der Waals surface area (Å²) in [6.07, 6.45) is 5.40. The number of fused-ring (bicyclic) bond motifs is 1. The molecule has 0 amide bonds. The average molecular weight is 250 g/mol. The van der Waals surface area contributed by atoms with E-state index in [1.54, 1.807) is 6.20 Å². The molecule has 0 bridgehead atoms. The minimum absolute atomic E-state index is 0.349. The van der Waals surface area contributed by atoms with Crippen molar-refractivity contribution in [3.8, 4) is 6.07 Å². The third-order valence-electron chi connectivity index (χ3n) is 3.52. The number of hydrogen-bond acceptors (Lipinski definition) is 4. The summed E-state index contributed by atoms with van der Waals surface area (Å²) in [5.74, 6) is 0.804. The molecule has 94 valence electrons. The van der Waals surface area contributed by atoms with Crippen LogP contribution in [0.5, 0.6) is 0 Å². The van der Waals surface area contributed by atoms with E-state index < -0.39 is 0 Å². The Bertz CT molecular complexity index is 627. The van der Waals surface area contributed by atoms with Gasteiger partial charge in [0, 0.05) is 11.7 Å². The van der Waals surface area contributed by atoms with Gasteiger partial charge in [0.15, 0.2) is 11.5 Å². The number of nitriles is 1. The molecule has 0 radical (unpaired) electrons. The highest BCUT2D eigenvalue weighted by Crippen LogP contribution is 2.35. The lowest BCUT2D eigenvalue weighted by Gasteiger charge is -2.35. The number of nitrogens with zero attached hydrogens (tertiary/aromatic N) is 4. The van der Waals surface area contributed by atoms with E-state index in [2.05, 4.69) is 40.0 Å². The Morgan fingerprint density at radius 3 is 2.84 bits per heavy atom. The first kappa shape index (κ1) is 11.7. The van der Waals surface area contributed by atoms with Gasteiger partial charge in [0.25, 0.3) is 0 Å². The Hall–Kier alpha value is -2.41. The summed E-state index contributed by atoms with van der Waals surface area (Å²) in [6, 6.07) is 10.8. The van der Waals surface area contributed by atoms with E-state index in [1.165, 1.54) is 17.4 Å². The van der Waals surface area contributed by atoms with Crippen LogP contribution in [0.4, 0.5) is 11.5 Å². The van der Waals surface area contributed by atoms with Gasteiger partial charge in [-0.25, -0.2) is 9.97 Å². The SMILES string of the molecule is CC1CCc2ccccc2N1c1cnc(C#N)cn1. The van der Waals surface area contributed by atoms with Gasteiger partial charge in [0.1, 0.15) is 6.07 Å². The number of aromatic nitrogens is 2. The largest absolute Gasteiger partial charge is 0.322 e. The van der Waals surface area contributed by atoms with E-state index in [0.29, 0.717) is 11.7 Å². The molecule has 1 unspecified atom stereocenters. The topological polar surface area (TPSA) is 52.8 Å². The summed E-state index contributed by atoms with van der Waals surface area (Å²) < 4.78 is 0. The third-order valence-corrected chi connectivity index (χ3v) is 3.52. The molecule has 1 aliphatic heterocycles. The van der Waals surface area contributed by atoms with Crippen LogP contribution >= 0.6 is 0 Å². The first-order valence-electron chi connectivity index (χ1n) is 6.39. The maximum Gasteiger partial charge on any atom is 0.158 e. The molecule has 4 nitrogen and oxygen atoms in total. The van der Waals surface area contributed by atoms with E-state index in [1.807, 2.05) is 12.1 Å². The van der Waals surface area contributed by atoms with Crippen LogP contribution in [0.25, 0.3) is 0 Å². The standard InChI is InChI=1S/C15H14N4/c1-11-6-7-12-4-2-3-5-14(12)19(11)15-10-17-13(8-16)9-18-15/h2-5,9-11H,6-7H2,1H3. The van der Waals surface area contributed by atoms with Gasteiger partial charge in [0.2, 0.25) is 0 Å².